The summed E-state index contributed by atoms with van der Waals surface area (Å²) in [4.78, 5) is 14.4. The highest BCUT2D eigenvalue weighted by Crippen LogP contribution is 2.24. The molecule has 3 rings (SSSR count). The molecule has 2 heterocycles. The van der Waals surface area contributed by atoms with Gasteiger partial charge in [0, 0.05) is 25.9 Å². The van der Waals surface area contributed by atoms with Crippen LogP contribution < -0.4 is 0 Å². The average Bonchev–Trinajstić information content (AvgIpc) is 3.20. The van der Waals surface area contributed by atoms with Crippen LogP contribution in [-0.4, -0.2) is 37.8 Å². The van der Waals surface area contributed by atoms with E-state index in [1.54, 1.807) is 22.8 Å². The Morgan fingerprint density at radius 3 is 2.62 bits per heavy atom. The molecule has 0 aliphatic heterocycles. The molecule has 1 N–H and O–H groups in total. The number of nitrogens with zero attached hydrogens (tertiary/aromatic N) is 4. The third kappa shape index (κ3) is 2.95. The lowest BCUT2D eigenvalue weighted by atomic mass is 10.1. The van der Waals surface area contributed by atoms with Gasteiger partial charge in [-0.15, -0.1) is 0 Å². The van der Waals surface area contributed by atoms with E-state index in [0.717, 1.165) is 22.6 Å². The van der Waals surface area contributed by atoms with Crippen molar-refractivity contribution in [1.29, 1.82) is 0 Å². The van der Waals surface area contributed by atoms with E-state index in [0.29, 0.717) is 5.56 Å². The minimum atomic E-state index is -0.123. The molecule has 0 fully saturated rings. The van der Waals surface area contributed by atoms with Crippen LogP contribution in [0.2, 0.25) is 0 Å². The van der Waals surface area contributed by atoms with Gasteiger partial charge in [0.25, 0.3) is 5.91 Å². The fourth-order valence-corrected chi connectivity index (χ4v) is 2.69. The second-order valence-electron chi connectivity index (χ2n) is 5.97. The smallest absolute Gasteiger partial charge is 0.257 e. The summed E-state index contributed by atoms with van der Waals surface area (Å²) >= 11 is 0. The van der Waals surface area contributed by atoms with Crippen molar-refractivity contribution in [3.63, 3.8) is 0 Å². The second-order valence-corrected chi connectivity index (χ2v) is 5.97. The van der Waals surface area contributed by atoms with E-state index in [1.807, 2.05) is 57.3 Å². The van der Waals surface area contributed by atoms with Gasteiger partial charge in [0.1, 0.15) is 0 Å². The van der Waals surface area contributed by atoms with Gasteiger partial charge in [-0.1, -0.05) is 30.3 Å². The van der Waals surface area contributed by atoms with Gasteiger partial charge in [-0.25, -0.2) is 0 Å². The molecule has 1 unspecified atom stereocenters. The second kappa shape index (κ2) is 6.31. The van der Waals surface area contributed by atoms with Gasteiger partial charge in [-0.05, 0) is 19.9 Å². The van der Waals surface area contributed by atoms with E-state index in [-0.39, 0.29) is 11.9 Å². The predicted molar refractivity (Wildman–Crippen MR) is 92.5 cm³/mol. The van der Waals surface area contributed by atoms with E-state index >= 15 is 0 Å². The van der Waals surface area contributed by atoms with Crippen LogP contribution in [0.15, 0.2) is 42.6 Å². The van der Waals surface area contributed by atoms with Crippen LogP contribution in [0.1, 0.15) is 34.7 Å². The molecule has 3 aromatic rings. The number of carbonyl (C=O) groups is 1. The van der Waals surface area contributed by atoms with Crippen LogP contribution in [0.5, 0.6) is 0 Å². The first kappa shape index (κ1) is 16.0. The molecule has 24 heavy (non-hydrogen) atoms. The molecular weight excluding hydrogens is 302 g/mol. The summed E-state index contributed by atoms with van der Waals surface area (Å²) in [5.74, 6) is -0.0519. The first-order valence-corrected chi connectivity index (χ1v) is 7.85. The molecule has 1 amide bonds. The number of H-pyrrole nitrogens is 1. The predicted octanol–water partition coefficient (Wildman–Crippen LogP) is 2.95. The number of hydrogen-bond donors (Lipinski definition) is 1. The largest absolute Gasteiger partial charge is 0.333 e. The highest BCUT2D eigenvalue weighted by Gasteiger charge is 2.23. The van der Waals surface area contributed by atoms with E-state index in [1.165, 1.54) is 0 Å². The average molecular weight is 323 g/mol. The van der Waals surface area contributed by atoms with Crippen molar-refractivity contribution in [2.75, 3.05) is 7.05 Å². The Morgan fingerprint density at radius 1 is 1.29 bits per heavy atom. The summed E-state index contributed by atoms with van der Waals surface area (Å²) < 4.78 is 1.66. The quantitative estimate of drug-likeness (QED) is 0.802. The van der Waals surface area contributed by atoms with Crippen LogP contribution in [0.4, 0.5) is 0 Å². The number of aromatic nitrogens is 4. The third-order valence-corrected chi connectivity index (χ3v) is 4.26. The first-order chi connectivity index (χ1) is 11.5. The molecule has 0 spiro atoms. The molecule has 124 valence electrons. The molecule has 6 nitrogen and oxygen atoms in total. The minimum absolute atomic E-state index is 0.0519. The van der Waals surface area contributed by atoms with Crippen LogP contribution in [-0.2, 0) is 7.05 Å². The van der Waals surface area contributed by atoms with Gasteiger partial charge in [-0.3, -0.25) is 14.6 Å². The van der Waals surface area contributed by atoms with E-state index < -0.39 is 0 Å². The van der Waals surface area contributed by atoms with Gasteiger partial charge in [0.2, 0.25) is 0 Å². The Kier molecular flexibility index (Phi) is 4.20. The van der Waals surface area contributed by atoms with Gasteiger partial charge in [0.15, 0.2) is 0 Å². The molecule has 6 heteroatoms. The molecule has 0 aliphatic rings. The summed E-state index contributed by atoms with van der Waals surface area (Å²) in [6.45, 7) is 3.82. The SMILES string of the molecule is Cc1nn(C)cc1C(=O)N(C)C(C)c1cc(-c2ccccc2)n[nH]1. The zero-order valence-electron chi connectivity index (χ0n) is 14.3. The van der Waals surface area contributed by atoms with Gasteiger partial charge in [-0.2, -0.15) is 10.2 Å². The molecule has 0 saturated carbocycles. The maximum Gasteiger partial charge on any atom is 0.257 e. The van der Waals surface area contributed by atoms with E-state index in [9.17, 15) is 4.79 Å². The Labute approximate surface area is 141 Å². The summed E-state index contributed by atoms with van der Waals surface area (Å²) in [5.41, 5.74) is 4.16. The number of amides is 1. The van der Waals surface area contributed by atoms with Gasteiger partial charge < -0.3 is 4.90 Å². The lowest BCUT2D eigenvalue weighted by molar-refractivity contribution is 0.0739. The Balaban J connectivity index is 1.81. The number of aryl methyl sites for hydroxylation is 2. The number of rotatable bonds is 4. The van der Waals surface area contributed by atoms with Gasteiger partial charge >= 0.3 is 0 Å². The Morgan fingerprint density at radius 2 is 2.00 bits per heavy atom. The Hall–Kier alpha value is -2.89. The standard InChI is InChI=1S/C18H21N5O/c1-12-15(11-22(3)21-12)18(24)23(4)13(2)16-10-17(20-19-16)14-8-6-5-7-9-14/h5-11,13H,1-4H3,(H,19,20). The minimum Gasteiger partial charge on any atom is -0.333 e. The van der Waals surface area contributed by atoms with E-state index in [2.05, 4.69) is 15.3 Å². The molecule has 0 bridgehead atoms. The van der Waals surface area contributed by atoms with Crippen molar-refractivity contribution in [2.45, 2.75) is 19.9 Å². The zero-order valence-corrected chi connectivity index (χ0v) is 14.3. The highest BCUT2D eigenvalue weighted by atomic mass is 16.2. The number of benzene rings is 1. The van der Waals surface area contributed by atoms with Crippen LogP contribution in [0, 0.1) is 6.92 Å². The van der Waals surface area contributed by atoms with Crippen molar-refractivity contribution >= 4 is 5.91 Å². The van der Waals surface area contributed by atoms with Crippen molar-refractivity contribution in [1.82, 2.24) is 24.9 Å². The lowest BCUT2D eigenvalue weighted by Gasteiger charge is -2.23. The molecular formula is C18H21N5O. The Bertz CT molecular complexity index is 849. The summed E-state index contributed by atoms with van der Waals surface area (Å²) in [6, 6.07) is 11.8. The van der Waals surface area contributed by atoms with Crippen LogP contribution in [0.25, 0.3) is 11.3 Å². The first-order valence-electron chi connectivity index (χ1n) is 7.85. The molecule has 0 aliphatic carbocycles. The monoisotopic (exact) mass is 323 g/mol. The molecule has 1 aromatic carbocycles. The third-order valence-electron chi connectivity index (χ3n) is 4.26. The number of hydrogen-bond acceptors (Lipinski definition) is 3. The van der Waals surface area contributed by atoms with Crippen molar-refractivity contribution < 1.29 is 4.79 Å². The number of carbonyl (C=O) groups excluding carboxylic acids is 1. The van der Waals surface area contributed by atoms with Crippen molar-refractivity contribution in [3.8, 4) is 11.3 Å². The summed E-state index contributed by atoms with van der Waals surface area (Å²) in [6.07, 6.45) is 1.75. The fourth-order valence-electron chi connectivity index (χ4n) is 2.69. The van der Waals surface area contributed by atoms with Crippen molar-refractivity contribution in [3.05, 3.63) is 59.5 Å². The number of nitrogens with one attached hydrogen (secondary N) is 1. The van der Waals surface area contributed by atoms with Crippen LogP contribution in [0.3, 0.4) is 0 Å². The topological polar surface area (TPSA) is 66.8 Å². The molecule has 1 atom stereocenters. The molecule has 0 radical (unpaired) electrons. The maximum absolute atomic E-state index is 12.7. The van der Waals surface area contributed by atoms with E-state index in [4.69, 9.17) is 0 Å². The summed E-state index contributed by atoms with van der Waals surface area (Å²) in [5, 5.41) is 11.6. The fraction of sp³-hybridized carbons (Fsp3) is 0.278. The van der Waals surface area contributed by atoms with Gasteiger partial charge in [0.05, 0.1) is 28.7 Å². The molecule has 0 saturated heterocycles. The van der Waals surface area contributed by atoms with Crippen LogP contribution >= 0.6 is 0 Å². The summed E-state index contributed by atoms with van der Waals surface area (Å²) in [7, 11) is 3.61. The zero-order chi connectivity index (χ0) is 17.3. The highest BCUT2D eigenvalue weighted by molar-refractivity contribution is 5.95. The lowest BCUT2D eigenvalue weighted by Crippen LogP contribution is -2.30. The molecule has 2 aromatic heterocycles. The number of aromatic amines is 1. The van der Waals surface area contributed by atoms with Crippen molar-refractivity contribution in [2.24, 2.45) is 7.05 Å². The maximum atomic E-state index is 12.7. The normalized spacial score (nSPS) is 12.2.